The molecule has 118 valence electrons. The first-order valence-electron chi connectivity index (χ1n) is 7.21. The summed E-state index contributed by atoms with van der Waals surface area (Å²) < 4.78 is 10.3. The van der Waals surface area contributed by atoms with Crippen molar-refractivity contribution in [2.75, 3.05) is 7.11 Å². The van der Waals surface area contributed by atoms with Crippen molar-refractivity contribution in [3.8, 4) is 5.75 Å². The summed E-state index contributed by atoms with van der Waals surface area (Å²) in [6.07, 6.45) is 0. The van der Waals surface area contributed by atoms with Crippen molar-refractivity contribution in [3.05, 3.63) is 46.8 Å². The first kappa shape index (κ1) is 16.1. The zero-order valence-electron chi connectivity index (χ0n) is 13.7. The smallest absolute Gasteiger partial charge is 0.257 e. The molecule has 0 spiro atoms. The van der Waals surface area contributed by atoms with Crippen molar-refractivity contribution >= 4 is 5.91 Å². The molecule has 0 saturated heterocycles. The Hall–Kier alpha value is -2.30. The molecule has 1 aromatic heterocycles. The summed E-state index contributed by atoms with van der Waals surface area (Å²) in [6, 6.07) is 7.58. The van der Waals surface area contributed by atoms with Crippen LogP contribution in [-0.4, -0.2) is 18.2 Å². The fraction of sp³-hybridized carbons (Fsp3) is 0.412. The SMILES string of the molecule is COc1ccc(CNC(=O)c2c(C(C)(C)C)noc2C)cc1. The first-order chi connectivity index (χ1) is 10.3. The predicted molar refractivity (Wildman–Crippen MR) is 84.1 cm³/mol. The van der Waals surface area contributed by atoms with Crippen LogP contribution in [0, 0.1) is 6.92 Å². The molecule has 0 radical (unpaired) electrons. The van der Waals surface area contributed by atoms with E-state index in [0.717, 1.165) is 11.3 Å². The number of amides is 1. The maximum absolute atomic E-state index is 12.5. The Morgan fingerprint density at radius 1 is 1.27 bits per heavy atom. The Bertz CT molecular complexity index is 652. The van der Waals surface area contributed by atoms with Gasteiger partial charge in [-0.1, -0.05) is 38.1 Å². The maximum Gasteiger partial charge on any atom is 0.257 e. The van der Waals surface area contributed by atoms with E-state index in [4.69, 9.17) is 9.26 Å². The summed E-state index contributed by atoms with van der Waals surface area (Å²) >= 11 is 0. The molecule has 0 aliphatic heterocycles. The molecule has 0 bridgehead atoms. The number of carbonyl (C=O) groups is 1. The Balaban J connectivity index is 2.11. The van der Waals surface area contributed by atoms with Gasteiger partial charge >= 0.3 is 0 Å². The van der Waals surface area contributed by atoms with Crippen LogP contribution in [0.15, 0.2) is 28.8 Å². The molecule has 5 heteroatoms. The fourth-order valence-electron chi connectivity index (χ4n) is 2.17. The van der Waals surface area contributed by atoms with Gasteiger partial charge in [-0.3, -0.25) is 4.79 Å². The zero-order chi connectivity index (χ0) is 16.3. The molecule has 1 amide bonds. The van der Waals surface area contributed by atoms with E-state index in [1.54, 1.807) is 14.0 Å². The molecule has 2 rings (SSSR count). The van der Waals surface area contributed by atoms with Crippen LogP contribution in [0.1, 0.15) is 48.1 Å². The minimum absolute atomic E-state index is 0.167. The molecule has 0 aliphatic rings. The lowest BCUT2D eigenvalue weighted by molar-refractivity contribution is 0.0947. The fourth-order valence-corrected chi connectivity index (χ4v) is 2.17. The van der Waals surface area contributed by atoms with Crippen molar-refractivity contribution in [3.63, 3.8) is 0 Å². The molecule has 0 aliphatic carbocycles. The lowest BCUT2D eigenvalue weighted by Gasteiger charge is -2.16. The Kier molecular flexibility index (Phi) is 4.54. The number of nitrogens with zero attached hydrogens (tertiary/aromatic N) is 1. The van der Waals surface area contributed by atoms with Gasteiger partial charge in [0.1, 0.15) is 22.8 Å². The number of methoxy groups -OCH3 is 1. The Morgan fingerprint density at radius 2 is 1.91 bits per heavy atom. The van der Waals surface area contributed by atoms with Crippen LogP contribution in [0.3, 0.4) is 0 Å². The molecule has 0 unspecified atom stereocenters. The predicted octanol–water partition coefficient (Wildman–Crippen LogP) is 3.22. The number of aromatic nitrogens is 1. The molecule has 1 N–H and O–H groups in total. The molecular weight excluding hydrogens is 280 g/mol. The minimum atomic E-state index is -0.245. The van der Waals surface area contributed by atoms with Gasteiger partial charge in [0.05, 0.1) is 7.11 Å². The van der Waals surface area contributed by atoms with E-state index in [1.807, 2.05) is 45.0 Å². The van der Waals surface area contributed by atoms with Crippen LogP contribution in [0.5, 0.6) is 5.75 Å². The number of aryl methyl sites for hydroxylation is 1. The van der Waals surface area contributed by atoms with E-state index < -0.39 is 0 Å². The number of benzene rings is 1. The molecule has 0 saturated carbocycles. The van der Waals surface area contributed by atoms with Gasteiger partial charge < -0.3 is 14.6 Å². The summed E-state index contributed by atoms with van der Waals surface area (Å²) in [5, 5.41) is 6.95. The number of carbonyl (C=O) groups excluding carboxylic acids is 1. The number of hydrogen-bond acceptors (Lipinski definition) is 4. The zero-order valence-corrected chi connectivity index (χ0v) is 13.7. The highest BCUT2D eigenvalue weighted by molar-refractivity contribution is 5.96. The van der Waals surface area contributed by atoms with Crippen molar-refractivity contribution in [2.45, 2.75) is 39.7 Å². The summed E-state index contributed by atoms with van der Waals surface area (Å²) in [5.74, 6) is 1.16. The molecule has 1 heterocycles. The first-order valence-corrected chi connectivity index (χ1v) is 7.21. The average Bonchev–Trinajstić information content (AvgIpc) is 2.87. The summed E-state index contributed by atoms with van der Waals surface area (Å²) in [4.78, 5) is 12.5. The van der Waals surface area contributed by atoms with E-state index in [0.29, 0.717) is 23.6 Å². The highest BCUT2D eigenvalue weighted by Gasteiger charge is 2.28. The van der Waals surface area contributed by atoms with Gasteiger partial charge in [0.25, 0.3) is 5.91 Å². The monoisotopic (exact) mass is 302 g/mol. The van der Waals surface area contributed by atoms with Gasteiger partial charge in [0.15, 0.2) is 0 Å². The van der Waals surface area contributed by atoms with Crippen LogP contribution in [0.4, 0.5) is 0 Å². The van der Waals surface area contributed by atoms with E-state index in [1.165, 1.54) is 0 Å². The van der Waals surface area contributed by atoms with Crippen LogP contribution < -0.4 is 10.1 Å². The van der Waals surface area contributed by atoms with Gasteiger partial charge in [0, 0.05) is 12.0 Å². The van der Waals surface area contributed by atoms with E-state index in [9.17, 15) is 4.79 Å². The summed E-state index contributed by atoms with van der Waals surface area (Å²) in [5.41, 5.74) is 1.96. The van der Waals surface area contributed by atoms with Crippen molar-refractivity contribution < 1.29 is 14.1 Å². The largest absolute Gasteiger partial charge is 0.497 e. The summed E-state index contributed by atoms with van der Waals surface area (Å²) in [6.45, 7) is 8.21. The molecule has 1 aromatic carbocycles. The molecule has 2 aromatic rings. The quantitative estimate of drug-likeness (QED) is 0.942. The Labute approximate surface area is 130 Å². The standard InChI is InChI=1S/C17H22N2O3/c1-11-14(15(19-22-11)17(2,3)4)16(20)18-10-12-6-8-13(21-5)9-7-12/h6-9H,10H2,1-5H3,(H,18,20). The molecule has 5 nitrogen and oxygen atoms in total. The average molecular weight is 302 g/mol. The van der Waals surface area contributed by atoms with Gasteiger partial charge in [0.2, 0.25) is 0 Å². The van der Waals surface area contributed by atoms with Crippen molar-refractivity contribution in [2.24, 2.45) is 0 Å². The topological polar surface area (TPSA) is 64.4 Å². The third-order valence-electron chi connectivity index (χ3n) is 3.41. The number of hydrogen-bond donors (Lipinski definition) is 1. The lowest BCUT2D eigenvalue weighted by atomic mass is 9.88. The highest BCUT2D eigenvalue weighted by Crippen LogP contribution is 2.26. The third kappa shape index (κ3) is 3.47. The Morgan fingerprint density at radius 3 is 2.45 bits per heavy atom. The molecule has 0 atom stereocenters. The van der Waals surface area contributed by atoms with Crippen molar-refractivity contribution in [1.82, 2.24) is 10.5 Å². The van der Waals surface area contributed by atoms with E-state index in [-0.39, 0.29) is 11.3 Å². The minimum Gasteiger partial charge on any atom is -0.497 e. The highest BCUT2D eigenvalue weighted by atomic mass is 16.5. The van der Waals surface area contributed by atoms with Crippen LogP contribution in [-0.2, 0) is 12.0 Å². The molecular formula is C17H22N2O3. The van der Waals surface area contributed by atoms with E-state index >= 15 is 0 Å². The number of nitrogens with one attached hydrogen (secondary N) is 1. The van der Waals surface area contributed by atoms with E-state index in [2.05, 4.69) is 10.5 Å². The van der Waals surface area contributed by atoms with Gasteiger partial charge in [-0.25, -0.2) is 0 Å². The number of ether oxygens (including phenoxy) is 1. The third-order valence-corrected chi connectivity index (χ3v) is 3.41. The second-order valence-corrected chi connectivity index (χ2v) is 6.24. The van der Waals surface area contributed by atoms with Gasteiger partial charge in [-0.2, -0.15) is 0 Å². The van der Waals surface area contributed by atoms with Crippen LogP contribution in [0.2, 0.25) is 0 Å². The van der Waals surface area contributed by atoms with Crippen LogP contribution in [0.25, 0.3) is 0 Å². The van der Waals surface area contributed by atoms with Gasteiger partial charge in [-0.05, 0) is 24.6 Å². The normalized spacial score (nSPS) is 11.3. The molecule has 0 fully saturated rings. The second-order valence-electron chi connectivity index (χ2n) is 6.24. The lowest BCUT2D eigenvalue weighted by Crippen LogP contribution is -2.27. The summed E-state index contributed by atoms with van der Waals surface area (Å²) in [7, 11) is 1.62. The van der Waals surface area contributed by atoms with Crippen LogP contribution >= 0.6 is 0 Å². The number of rotatable bonds is 4. The molecule has 22 heavy (non-hydrogen) atoms. The van der Waals surface area contributed by atoms with Crippen molar-refractivity contribution in [1.29, 1.82) is 0 Å². The second kappa shape index (κ2) is 6.22. The van der Waals surface area contributed by atoms with Gasteiger partial charge in [-0.15, -0.1) is 0 Å². The maximum atomic E-state index is 12.5.